The van der Waals surface area contributed by atoms with Crippen LogP contribution in [0.5, 0.6) is 0 Å². The first kappa shape index (κ1) is 33.3. The van der Waals surface area contributed by atoms with Gasteiger partial charge in [0.2, 0.25) is 10.0 Å². The lowest BCUT2D eigenvalue weighted by molar-refractivity contribution is -0.134. The van der Waals surface area contributed by atoms with Crippen LogP contribution in [-0.2, 0) is 38.9 Å². The zero-order valence-electron chi connectivity index (χ0n) is 25.2. The highest BCUT2D eigenvalue weighted by Crippen LogP contribution is 2.40. The van der Waals surface area contributed by atoms with E-state index in [4.69, 9.17) is 9.68 Å². The molecule has 0 N–H and O–H groups in total. The average Bonchev–Trinajstić information content (AvgIpc) is 2.95. The van der Waals surface area contributed by atoms with Gasteiger partial charge >= 0.3 is 0 Å². The molecule has 2 aliphatic rings. The standard InChI is InChI=1S/C30H41N3O8S/c1-7-22(31-40-9-3)29-24(34)14-19(15-25(29)35)18-11-12-28(42(38,39)33(5)6)21(13-18)20-16-26(36)30(27(37)17-20)23(8-2)32-41-10-4/h11-13,19-20,29-30H,7-10,14-17H2,1-6H3. The number of rotatable bonds is 12. The number of carbonyl (C=O) groups is 4. The van der Waals surface area contributed by atoms with E-state index in [9.17, 15) is 27.6 Å². The van der Waals surface area contributed by atoms with Crippen LogP contribution in [0.25, 0.3) is 0 Å². The molecule has 1 aromatic rings. The number of oxime groups is 2. The number of sulfonamides is 1. The van der Waals surface area contributed by atoms with Crippen molar-refractivity contribution in [3.63, 3.8) is 0 Å². The quantitative estimate of drug-likeness (QED) is 0.199. The Kier molecular flexibility index (Phi) is 11.3. The van der Waals surface area contributed by atoms with Crippen molar-refractivity contribution in [2.75, 3.05) is 27.3 Å². The Morgan fingerprint density at radius 3 is 1.57 bits per heavy atom. The molecule has 1 aromatic carbocycles. The lowest BCUT2D eigenvalue weighted by Gasteiger charge is -2.31. The fourth-order valence-electron chi connectivity index (χ4n) is 5.65. The molecule has 2 fully saturated rings. The van der Waals surface area contributed by atoms with Gasteiger partial charge in [0.25, 0.3) is 0 Å². The normalized spacial score (nSPS) is 24.4. The van der Waals surface area contributed by atoms with Gasteiger partial charge in [-0.2, -0.15) is 0 Å². The third kappa shape index (κ3) is 7.03. The summed E-state index contributed by atoms with van der Waals surface area (Å²) in [6.07, 6.45) is 0.785. The summed E-state index contributed by atoms with van der Waals surface area (Å²) in [5.41, 5.74) is 1.69. The number of hydrogen-bond donors (Lipinski definition) is 0. The molecule has 3 rings (SSSR count). The van der Waals surface area contributed by atoms with Gasteiger partial charge in [0.05, 0.1) is 16.3 Å². The summed E-state index contributed by atoms with van der Waals surface area (Å²) in [4.78, 5) is 63.2. The number of hydrogen-bond acceptors (Lipinski definition) is 10. The molecule has 0 atom stereocenters. The first-order chi connectivity index (χ1) is 19.9. The Labute approximate surface area is 247 Å². The van der Waals surface area contributed by atoms with Crippen molar-refractivity contribution in [2.45, 2.75) is 83.0 Å². The van der Waals surface area contributed by atoms with Gasteiger partial charge in [0.15, 0.2) is 0 Å². The van der Waals surface area contributed by atoms with E-state index < -0.39 is 33.7 Å². The van der Waals surface area contributed by atoms with Crippen LogP contribution in [0.3, 0.4) is 0 Å². The van der Waals surface area contributed by atoms with Crippen LogP contribution in [-0.4, -0.2) is 74.6 Å². The molecular formula is C30H41N3O8S. The van der Waals surface area contributed by atoms with E-state index in [1.54, 1.807) is 32.9 Å². The fraction of sp³-hybridized carbons (Fsp3) is 0.600. The van der Waals surface area contributed by atoms with Gasteiger partial charge in [-0.05, 0) is 55.7 Å². The van der Waals surface area contributed by atoms with E-state index in [1.807, 2.05) is 6.92 Å². The zero-order chi connectivity index (χ0) is 31.2. The summed E-state index contributed by atoms with van der Waals surface area (Å²) >= 11 is 0. The molecule has 230 valence electrons. The molecule has 2 saturated carbocycles. The molecule has 0 unspecified atom stereocenters. The molecule has 2 aliphatic carbocycles. The Hall–Kier alpha value is -3.25. The monoisotopic (exact) mass is 603 g/mol. The van der Waals surface area contributed by atoms with Crippen LogP contribution in [0.2, 0.25) is 0 Å². The van der Waals surface area contributed by atoms with Crippen LogP contribution in [0, 0.1) is 11.8 Å². The molecule has 0 amide bonds. The molecule has 0 heterocycles. The van der Waals surface area contributed by atoms with Gasteiger partial charge in [-0.25, -0.2) is 12.7 Å². The Balaban J connectivity index is 2.00. The van der Waals surface area contributed by atoms with Crippen LogP contribution in [0.1, 0.15) is 89.2 Å². The second kappa shape index (κ2) is 14.3. The Morgan fingerprint density at radius 2 is 1.19 bits per heavy atom. The second-order valence-corrected chi connectivity index (χ2v) is 12.9. The van der Waals surface area contributed by atoms with Gasteiger partial charge < -0.3 is 9.68 Å². The molecule has 0 bridgehead atoms. The number of carbonyl (C=O) groups excluding carboxylic acids is 4. The highest BCUT2D eigenvalue weighted by molar-refractivity contribution is 7.89. The molecule has 42 heavy (non-hydrogen) atoms. The first-order valence-electron chi connectivity index (χ1n) is 14.5. The number of benzene rings is 1. The van der Waals surface area contributed by atoms with Gasteiger partial charge in [0, 0.05) is 39.8 Å². The van der Waals surface area contributed by atoms with Crippen molar-refractivity contribution < 1.29 is 37.3 Å². The van der Waals surface area contributed by atoms with Crippen molar-refractivity contribution in [1.82, 2.24) is 4.31 Å². The molecule has 0 spiro atoms. The van der Waals surface area contributed by atoms with Crippen molar-refractivity contribution in [2.24, 2.45) is 22.1 Å². The summed E-state index contributed by atoms with van der Waals surface area (Å²) < 4.78 is 27.7. The van der Waals surface area contributed by atoms with Gasteiger partial charge in [-0.15, -0.1) is 0 Å². The SMILES string of the molecule is CCON=C(CC)C1C(=O)CC(c2ccc(S(=O)(=O)N(C)C)c(C3CC(=O)C(C(CC)=NOCC)C(=O)C3)c2)CC1=O. The minimum atomic E-state index is -3.94. The van der Waals surface area contributed by atoms with Gasteiger partial charge in [-0.1, -0.05) is 36.3 Å². The maximum absolute atomic E-state index is 13.3. The molecule has 11 nitrogen and oxygen atoms in total. The second-order valence-electron chi connectivity index (χ2n) is 10.7. The third-order valence-electron chi connectivity index (χ3n) is 7.79. The maximum atomic E-state index is 13.3. The number of nitrogens with zero attached hydrogens (tertiary/aromatic N) is 3. The van der Waals surface area contributed by atoms with E-state index in [-0.39, 0.29) is 53.7 Å². The van der Waals surface area contributed by atoms with Crippen LogP contribution >= 0.6 is 0 Å². The Bertz CT molecular complexity index is 1350. The van der Waals surface area contributed by atoms with Gasteiger partial charge in [-0.3, -0.25) is 19.2 Å². The first-order valence-corrected chi connectivity index (χ1v) is 15.9. The zero-order valence-corrected chi connectivity index (χ0v) is 26.0. The molecular weight excluding hydrogens is 562 g/mol. The van der Waals surface area contributed by atoms with Crippen LogP contribution < -0.4 is 0 Å². The minimum absolute atomic E-state index is 0.0116. The van der Waals surface area contributed by atoms with E-state index in [0.29, 0.717) is 48.6 Å². The summed E-state index contributed by atoms with van der Waals surface area (Å²) in [6.45, 7) is 7.73. The third-order valence-corrected chi connectivity index (χ3v) is 9.68. The van der Waals surface area contributed by atoms with Crippen molar-refractivity contribution in [3.8, 4) is 0 Å². The lowest BCUT2D eigenvalue weighted by Crippen LogP contribution is -2.39. The summed E-state index contributed by atoms with van der Waals surface area (Å²) in [7, 11) is -1.12. The van der Waals surface area contributed by atoms with Crippen LogP contribution in [0.15, 0.2) is 33.4 Å². The topological polar surface area (TPSA) is 149 Å². The van der Waals surface area contributed by atoms with E-state index >= 15 is 0 Å². The smallest absolute Gasteiger partial charge is 0.242 e. The highest BCUT2D eigenvalue weighted by Gasteiger charge is 2.42. The lowest BCUT2D eigenvalue weighted by atomic mass is 9.72. The highest BCUT2D eigenvalue weighted by atomic mass is 32.2. The summed E-state index contributed by atoms with van der Waals surface area (Å²) in [5.74, 6) is -4.38. The molecule has 12 heteroatoms. The van der Waals surface area contributed by atoms with Crippen molar-refractivity contribution in [3.05, 3.63) is 29.3 Å². The molecule has 0 aliphatic heterocycles. The van der Waals surface area contributed by atoms with Gasteiger partial charge in [0.1, 0.15) is 48.2 Å². The average molecular weight is 604 g/mol. The molecule has 0 radical (unpaired) electrons. The maximum Gasteiger partial charge on any atom is 0.242 e. The predicted molar refractivity (Wildman–Crippen MR) is 157 cm³/mol. The fourth-order valence-corrected chi connectivity index (χ4v) is 6.81. The molecule has 0 aromatic heterocycles. The van der Waals surface area contributed by atoms with E-state index in [1.165, 1.54) is 20.2 Å². The van der Waals surface area contributed by atoms with Crippen LogP contribution in [0.4, 0.5) is 0 Å². The van der Waals surface area contributed by atoms with E-state index in [0.717, 1.165) is 4.31 Å². The van der Waals surface area contributed by atoms with Crippen molar-refractivity contribution >= 4 is 44.6 Å². The largest absolute Gasteiger partial charge is 0.396 e. The van der Waals surface area contributed by atoms with E-state index in [2.05, 4.69) is 10.3 Å². The summed E-state index contributed by atoms with van der Waals surface area (Å²) in [5, 5.41) is 7.98. The number of Topliss-reactive ketones (excluding diaryl/α,β-unsaturated/α-hetero) is 4. The number of ketones is 4. The minimum Gasteiger partial charge on any atom is -0.396 e. The summed E-state index contributed by atoms with van der Waals surface area (Å²) in [6, 6.07) is 4.71. The van der Waals surface area contributed by atoms with Crippen molar-refractivity contribution in [1.29, 1.82) is 0 Å². The Morgan fingerprint density at radius 1 is 0.762 bits per heavy atom. The predicted octanol–water partition coefficient (Wildman–Crippen LogP) is 3.81. The molecule has 0 saturated heterocycles.